The first kappa shape index (κ1) is 12.6. The van der Waals surface area contributed by atoms with E-state index < -0.39 is 0 Å². The topological polar surface area (TPSA) is 29.6 Å². The Morgan fingerprint density at radius 2 is 1.65 bits per heavy atom. The van der Waals surface area contributed by atoms with Crippen LogP contribution < -0.4 is 0 Å². The highest BCUT2D eigenvalue weighted by molar-refractivity contribution is 5.93. The van der Waals surface area contributed by atoms with Crippen LogP contribution in [0.5, 0.6) is 0 Å². The van der Waals surface area contributed by atoms with Crippen molar-refractivity contribution in [1.29, 1.82) is 0 Å². The second-order valence-corrected chi connectivity index (χ2v) is 5.13. The molecule has 0 N–H and O–H groups in total. The van der Waals surface area contributed by atoms with Crippen LogP contribution in [0, 0.1) is 13.8 Å². The van der Waals surface area contributed by atoms with E-state index in [1.54, 1.807) is 0 Å². The van der Waals surface area contributed by atoms with E-state index >= 15 is 0 Å². The molecule has 0 radical (unpaired) electrons. The number of aryl methyl sites for hydroxylation is 3. The van der Waals surface area contributed by atoms with E-state index in [1.165, 1.54) is 16.6 Å². The summed E-state index contributed by atoms with van der Waals surface area (Å²) in [7, 11) is 2.04. The van der Waals surface area contributed by atoms with Crippen molar-refractivity contribution < 1.29 is 0 Å². The molecule has 3 rings (SSSR count). The molecule has 0 aliphatic rings. The number of aromatic nitrogens is 1. The summed E-state index contributed by atoms with van der Waals surface area (Å²) < 4.78 is 2.11. The third-order valence-corrected chi connectivity index (χ3v) is 3.49. The van der Waals surface area contributed by atoms with Crippen molar-refractivity contribution in [2.45, 2.75) is 13.8 Å². The highest BCUT2D eigenvalue weighted by Gasteiger charge is 2.07. The Kier molecular flexibility index (Phi) is 3.11. The second-order valence-electron chi connectivity index (χ2n) is 5.13. The molecule has 0 fully saturated rings. The standard InChI is InChI=1S/C17H17N3/c1-12-7-9-14(10-8-12)18-19-16-11-20(3)17-13(2)5-4-6-15(16)17/h4-11H,1-3H3/b19-18+. The number of hydrogen-bond acceptors (Lipinski definition) is 2. The lowest BCUT2D eigenvalue weighted by atomic mass is 10.1. The minimum atomic E-state index is 0.875. The number of hydrogen-bond donors (Lipinski definition) is 0. The van der Waals surface area contributed by atoms with Gasteiger partial charge in [0.2, 0.25) is 0 Å². The molecule has 0 amide bonds. The molecule has 0 saturated heterocycles. The molecule has 1 aromatic heterocycles. The maximum Gasteiger partial charge on any atom is 0.111 e. The highest BCUT2D eigenvalue weighted by Crippen LogP contribution is 2.31. The molecule has 3 nitrogen and oxygen atoms in total. The van der Waals surface area contributed by atoms with Crippen molar-refractivity contribution in [2.24, 2.45) is 17.3 Å². The molecular weight excluding hydrogens is 246 g/mol. The van der Waals surface area contributed by atoms with Gasteiger partial charge in [0, 0.05) is 18.6 Å². The monoisotopic (exact) mass is 263 g/mol. The Balaban J connectivity index is 2.03. The molecule has 2 aromatic carbocycles. The first-order valence-electron chi connectivity index (χ1n) is 6.68. The molecule has 3 aromatic rings. The quantitative estimate of drug-likeness (QED) is 0.568. The fourth-order valence-electron chi connectivity index (χ4n) is 2.45. The van der Waals surface area contributed by atoms with Gasteiger partial charge in [-0.3, -0.25) is 0 Å². The van der Waals surface area contributed by atoms with Gasteiger partial charge in [0.25, 0.3) is 0 Å². The maximum absolute atomic E-state index is 4.40. The minimum Gasteiger partial charge on any atom is -0.348 e. The molecule has 100 valence electrons. The van der Waals surface area contributed by atoms with Gasteiger partial charge in [0.15, 0.2) is 0 Å². The lowest BCUT2D eigenvalue weighted by molar-refractivity contribution is 0.962. The van der Waals surface area contributed by atoms with Crippen LogP contribution in [0.15, 0.2) is 58.9 Å². The summed E-state index contributed by atoms with van der Waals surface area (Å²) >= 11 is 0. The van der Waals surface area contributed by atoms with Gasteiger partial charge >= 0.3 is 0 Å². The number of benzene rings is 2. The van der Waals surface area contributed by atoms with E-state index in [0.717, 1.165) is 16.8 Å². The van der Waals surface area contributed by atoms with Crippen LogP contribution in [-0.4, -0.2) is 4.57 Å². The Hall–Kier alpha value is -2.42. The van der Waals surface area contributed by atoms with Crippen molar-refractivity contribution in [3.63, 3.8) is 0 Å². The van der Waals surface area contributed by atoms with Gasteiger partial charge in [-0.2, -0.15) is 5.11 Å². The minimum absolute atomic E-state index is 0.875. The molecule has 1 heterocycles. The van der Waals surface area contributed by atoms with E-state index in [2.05, 4.69) is 46.8 Å². The fraction of sp³-hybridized carbons (Fsp3) is 0.176. The molecule has 0 spiro atoms. The first-order chi connectivity index (χ1) is 9.65. The van der Waals surface area contributed by atoms with Gasteiger partial charge in [-0.05, 0) is 31.5 Å². The zero-order valence-corrected chi connectivity index (χ0v) is 12.0. The zero-order chi connectivity index (χ0) is 14.1. The van der Waals surface area contributed by atoms with Crippen LogP contribution in [0.1, 0.15) is 11.1 Å². The van der Waals surface area contributed by atoms with E-state index in [0.29, 0.717) is 0 Å². The Bertz CT molecular complexity index is 780. The number of fused-ring (bicyclic) bond motifs is 1. The first-order valence-corrected chi connectivity index (χ1v) is 6.68. The van der Waals surface area contributed by atoms with Crippen LogP contribution in [0.3, 0.4) is 0 Å². The predicted molar refractivity (Wildman–Crippen MR) is 83.0 cm³/mol. The summed E-state index contributed by atoms with van der Waals surface area (Å²) in [4.78, 5) is 0. The third kappa shape index (κ3) is 2.23. The normalized spacial score (nSPS) is 11.6. The lowest BCUT2D eigenvalue weighted by Crippen LogP contribution is -1.86. The van der Waals surface area contributed by atoms with Gasteiger partial charge < -0.3 is 4.57 Å². The van der Waals surface area contributed by atoms with E-state index in [-0.39, 0.29) is 0 Å². The average Bonchev–Trinajstić information content (AvgIpc) is 2.76. The van der Waals surface area contributed by atoms with Crippen LogP contribution in [0.25, 0.3) is 10.9 Å². The molecule has 0 aliphatic heterocycles. The van der Waals surface area contributed by atoms with Crippen molar-refractivity contribution in [3.05, 3.63) is 59.8 Å². The van der Waals surface area contributed by atoms with Crippen LogP contribution in [0.4, 0.5) is 11.4 Å². The summed E-state index contributed by atoms with van der Waals surface area (Å²) in [6.07, 6.45) is 2.02. The average molecular weight is 263 g/mol. The number of para-hydroxylation sites is 1. The van der Waals surface area contributed by atoms with Crippen molar-refractivity contribution >= 4 is 22.3 Å². The fourth-order valence-corrected chi connectivity index (χ4v) is 2.45. The zero-order valence-electron chi connectivity index (χ0n) is 12.0. The number of nitrogens with zero attached hydrogens (tertiary/aromatic N) is 3. The van der Waals surface area contributed by atoms with Crippen LogP contribution >= 0.6 is 0 Å². The summed E-state index contributed by atoms with van der Waals surface area (Å²) in [6, 6.07) is 14.3. The summed E-state index contributed by atoms with van der Waals surface area (Å²) in [5.74, 6) is 0. The van der Waals surface area contributed by atoms with Crippen LogP contribution in [-0.2, 0) is 7.05 Å². The maximum atomic E-state index is 4.40. The summed E-state index contributed by atoms with van der Waals surface area (Å²) in [6.45, 7) is 4.18. The van der Waals surface area contributed by atoms with Gasteiger partial charge in [0.05, 0.1) is 11.2 Å². The van der Waals surface area contributed by atoms with Crippen molar-refractivity contribution in [1.82, 2.24) is 4.57 Å². The highest BCUT2D eigenvalue weighted by atomic mass is 15.1. The molecule has 0 unspecified atom stereocenters. The van der Waals surface area contributed by atoms with Gasteiger partial charge in [0.1, 0.15) is 5.69 Å². The Morgan fingerprint density at radius 1 is 0.900 bits per heavy atom. The third-order valence-electron chi connectivity index (χ3n) is 3.49. The van der Waals surface area contributed by atoms with Gasteiger partial charge in [-0.1, -0.05) is 35.9 Å². The van der Waals surface area contributed by atoms with E-state index in [9.17, 15) is 0 Å². The molecular formula is C17H17N3. The molecule has 20 heavy (non-hydrogen) atoms. The smallest absolute Gasteiger partial charge is 0.111 e. The summed E-state index contributed by atoms with van der Waals surface area (Å²) in [5.41, 5.74) is 5.48. The molecule has 3 heteroatoms. The Morgan fingerprint density at radius 3 is 2.40 bits per heavy atom. The molecule has 0 bridgehead atoms. The van der Waals surface area contributed by atoms with Crippen molar-refractivity contribution in [2.75, 3.05) is 0 Å². The van der Waals surface area contributed by atoms with Crippen LogP contribution in [0.2, 0.25) is 0 Å². The molecule has 0 atom stereocenters. The number of azo groups is 1. The predicted octanol–water partition coefficient (Wildman–Crippen LogP) is 5.21. The largest absolute Gasteiger partial charge is 0.348 e. The van der Waals surface area contributed by atoms with E-state index in [4.69, 9.17) is 0 Å². The van der Waals surface area contributed by atoms with Gasteiger partial charge in [-0.15, -0.1) is 5.11 Å². The van der Waals surface area contributed by atoms with E-state index in [1.807, 2.05) is 37.5 Å². The molecule has 0 saturated carbocycles. The van der Waals surface area contributed by atoms with Gasteiger partial charge in [-0.25, -0.2) is 0 Å². The lowest BCUT2D eigenvalue weighted by Gasteiger charge is -1.99. The molecule has 0 aliphatic carbocycles. The second kappa shape index (κ2) is 4.93. The number of rotatable bonds is 2. The summed E-state index contributed by atoms with van der Waals surface area (Å²) in [5, 5.41) is 9.86. The Labute approximate surface area is 118 Å². The van der Waals surface area contributed by atoms with Crippen molar-refractivity contribution in [3.8, 4) is 0 Å². The SMILES string of the molecule is Cc1ccc(/N=N/c2cn(C)c3c(C)cccc23)cc1.